The molecule has 3 saturated heterocycles. The number of piperazine rings is 1. The number of aromatic nitrogens is 4. The summed E-state index contributed by atoms with van der Waals surface area (Å²) >= 11 is 0. The Balaban J connectivity index is 0.777. The Morgan fingerprint density at radius 3 is 2.28 bits per heavy atom. The molecule has 7 heterocycles. The summed E-state index contributed by atoms with van der Waals surface area (Å²) in [5.41, 5.74) is 9.24. The molecule has 0 spiro atoms. The number of carbonyl (C=O) groups is 3. The maximum atomic E-state index is 13.2. The van der Waals surface area contributed by atoms with Crippen molar-refractivity contribution in [3.05, 3.63) is 88.6 Å². The van der Waals surface area contributed by atoms with Gasteiger partial charge in [-0.05, 0) is 73.7 Å². The van der Waals surface area contributed by atoms with E-state index < -0.39 is 11.9 Å². The van der Waals surface area contributed by atoms with Crippen molar-refractivity contribution in [2.45, 2.75) is 38.1 Å². The molecule has 0 saturated carbocycles. The first-order valence-electron chi connectivity index (χ1n) is 19.1. The van der Waals surface area contributed by atoms with Crippen molar-refractivity contribution in [1.29, 1.82) is 0 Å². The fourth-order valence-electron chi connectivity index (χ4n) is 8.75. The minimum atomic E-state index is -0.676. The summed E-state index contributed by atoms with van der Waals surface area (Å²) in [6.07, 6.45) is 5.44. The Bertz CT molecular complexity index is 2310. The highest BCUT2D eigenvalue weighted by Crippen LogP contribution is 2.31. The molecule has 3 amide bonds. The number of pyridine rings is 1. The van der Waals surface area contributed by atoms with Crippen molar-refractivity contribution in [1.82, 2.24) is 34.6 Å². The van der Waals surface area contributed by atoms with Gasteiger partial charge in [0.25, 0.3) is 5.91 Å². The quantitative estimate of drug-likeness (QED) is 0.216. The molecule has 54 heavy (non-hydrogen) atoms. The van der Waals surface area contributed by atoms with Crippen molar-refractivity contribution in [2.24, 2.45) is 13.0 Å². The molecule has 0 bridgehead atoms. The number of nitrogens with zero attached hydrogens (tertiary/aromatic N) is 6. The summed E-state index contributed by atoms with van der Waals surface area (Å²) in [6.45, 7) is 7.77. The molecule has 13 nitrogen and oxygen atoms in total. The third-order valence-electron chi connectivity index (χ3n) is 11.9. The fraction of sp³-hybridized carbons (Fsp3) is 0.390. The van der Waals surface area contributed by atoms with E-state index >= 15 is 0 Å². The van der Waals surface area contributed by atoms with Gasteiger partial charge in [0.2, 0.25) is 11.8 Å². The number of nitrogens with one attached hydrogen (secondary N) is 3. The van der Waals surface area contributed by atoms with Crippen molar-refractivity contribution in [3.8, 4) is 22.5 Å². The van der Waals surface area contributed by atoms with E-state index in [1.54, 1.807) is 16.2 Å². The molecule has 3 aromatic heterocycles. The summed E-state index contributed by atoms with van der Waals surface area (Å²) in [5.74, 6) is -0.0758. The number of rotatable bonds is 7. The van der Waals surface area contributed by atoms with Gasteiger partial charge in [-0.25, -0.2) is 4.79 Å². The number of H-pyrrole nitrogens is 1. The molecular weight excluding hydrogens is 683 g/mol. The maximum absolute atomic E-state index is 13.2. The minimum absolute atomic E-state index is 0.0178. The second kappa shape index (κ2) is 13.9. The lowest BCUT2D eigenvalue weighted by Gasteiger charge is -2.40. The van der Waals surface area contributed by atoms with Gasteiger partial charge in [0, 0.05) is 112 Å². The monoisotopic (exact) mass is 727 g/mol. The van der Waals surface area contributed by atoms with Crippen LogP contribution in [0.1, 0.15) is 47.8 Å². The normalized spacial score (nSPS) is 19.9. The summed E-state index contributed by atoms with van der Waals surface area (Å²) in [7, 11) is 1.75. The molecule has 1 unspecified atom stereocenters. The van der Waals surface area contributed by atoms with Crippen molar-refractivity contribution in [3.63, 3.8) is 0 Å². The highest BCUT2D eigenvalue weighted by atomic mass is 16.2. The lowest BCUT2D eigenvalue weighted by Crippen LogP contribution is -2.49. The SMILES string of the molecule is Cn1c(=O)n(C2CCC(=O)NC2=O)c2ccc(N3CCC(CN4CCN(c5ccc(-c6cc(-c7cc8c([nH]7)CCNC8=O)ccn6)cc5)CC4)CC3)cc21. The molecule has 0 aliphatic carbocycles. The van der Waals surface area contributed by atoms with Crippen LogP contribution in [0.25, 0.3) is 33.5 Å². The van der Waals surface area contributed by atoms with Crippen LogP contribution in [0.4, 0.5) is 11.4 Å². The summed E-state index contributed by atoms with van der Waals surface area (Å²) < 4.78 is 3.15. The third-order valence-corrected chi connectivity index (χ3v) is 11.9. The van der Waals surface area contributed by atoms with Gasteiger partial charge in [-0.3, -0.25) is 38.7 Å². The van der Waals surface area contributed by atoms with Crippen LogP contribution in [-0.4, -0.2) is 94.1 Å². The zero-order valence-corrected chi connectivity index (χ0v) is 30.5. The predicted octanol–water partition coefficient (Wildman–Crippen LogP) is 3.70. The van der Waals surface area contributed by atoms with Crippen molar-refractivity contribution >= 4 is 40.1 Å². The van der Waals surface area contributed by atoms with Crippen LogP contribution < -0.4 is 26.1 Å². The van der Waals surface area contributed by atoms with E-state index in [4.69, 9.17) is 0 Å². The molecule has 9 rings (SSSR count). The number of fused-ring (bicyclic) bond motifs is 2. The maximum Gasteiger partial charge on any atom is 0.329 e. The van der Waals surface area contributed by atoms with Crippen LogP contribution in [0.3, 0.4) is 0 Å². The molecule has 4 aliphatic heterocycles. The van der Waals surface area contributed by atoms with Crippen LogP contribution >= 0.6 is 0 Å². The number of anilines is 2. The smallest absolute Gasteiger partial charge is 0.329 e. The van der Waals surface area contributed by atoms with Crippen LogP contribution in [0, 0.1) is 5.92 Å². The van der Waals surface area contributed by atoms with E-state index in [0.717, 1.165) is 116 Å². The van der Waals surface area contributed by atoms with Crippen LogP contribution in [-0.2, 0) is 23.1 Å². The summed E-state index contributed by atoms with van der Waals surface area (Å²) in [5, 5.41) is 5.30. The number of imide groups is 1. The van der Waals surface area contributed by atoms with Gasteiger partial charge in [0.1, 0.15) is 6.04 Å². The number of imidazole rings is 1. The first kappa shape index (κ1) is 34.1. The molecule has 4 aliphatic rings. The summed E-state index contributed by atoms with van der Waals surface area (Å²) in [4.78, 5) is 65.3. The average molecular weight is 728 g/mol. The van der Waals surface area contributed by atoms with Gasteiger partial charge in [-0.15, -0.1) is 0 Å². The molecular formula is C41H45N9O4. The number of amides is 3. The fourth-order valence-corrected chi connectivity index (χ4v) is 8.75. The van der Waals surface area contributed by atoms with Crippen molar-refractivity contribution in [2.75, 3.05) is 62.2 Å². The summed E-state index contributed by atoms with van der Waals surface area (Å²) in [6, 6.07) is 20.1. The highest BCUT2D eigenvalue weighted by molar-refractivity contribution is 6.00. The van der Waals surface area contributed by atoms with Gasteiger partial charge in [-0.2, -0.15) is 0 Å². The Labute approximate surface area is 312 Å². The van der Waals surface area contributed by atoms with Gasteiger partial charge < -0.3 is 20.1 Å². The molecule has 2 aromatic carbocycles. The lowest BCUT2D eigenvalue weighted by atomic mass is 9.95. The minimum Gasteiger partial charge on any atom is -0.371 e. The van der Waals surface area contributed by atoms with E-state index in [1.165, 1.54) is 5.69 Å². The first-order valence-corrected chi connectivity index (χ1v) is 19.1. The standard InChI is InChI=1S/C41H45N9O4/c1-46-37-23-30(6-7-35(37)50(41(46)54)36-8-9-38(51)45-40(36)53)48-16-12-26(13-17-48)25-47-18-20-49(21-19-47)29-4-2-27(3-5-29)33-22-28(10-14-42-33)34-24-31-32(44-34)11-15-43-39(31)52/h2-7,10,14,22-24,26,36,44H,8-9,11-13,15-21,25H2,1H3,(H,43,52)(H,45,51,53). The number of aryl methyl sites for hydroxylation is 1. The largest absolute Gasteiger partial charge is 0.371 e. The molecule has 13 heteroatoms. The van der Waals surface area contributed by atoms with E-state index in [9.17, 15) is 19.2 Å². The van der Waals surface area contributed by atoms with Crippen LogP contribution in [0.5, 0.6) is 0 Å². The number of benzene rings is 2. The van der Waals surface area contributed by atoms with Crippen LogP contribution in [0.15, 0.2) is 71.7 Å². The molecule has 3 N–H and O–H groups in total. The first-order chi connectivity index (χ1) is 26.3. The third kappa shape index (κ3) is 6.36. The lowest BCUT2D eigenvalue weighted by molar-refractivity contribution is -0.135. The van der Waals surface area contributed by atoms with E-state index in [1.807, 2.05) is 24.4 Å². The number of carbonyl (C=O) groups excluding carboxylic acids is 3. The number of hydrogen-bond donors (Lipinski definition) is 3. The number of aromatic amines is 1. The molecule has 5 aromatic rings. The highest BCUT2D eigenvalue weighted by Gasteiger charge is 2.32. The number of hydrogen-bond acceptors (Lipinski definition) is 8. The molecule has 0 radical (unpaired) electrons. The zero-order chi connectivity index (χ0) is 36.9. The Morgan fingerprint density at radius 2 is 1.52 bits per heavy atom. The van der Waals surface area contributed by atoms with E-state index in [0.29, 0.717) is 18.9 Å². The second-order valence-corrected chi connectivity index (χ2v) is 15.1. The van der Waals surface area contributed by atoms with Gasteiger partial charge in [0.05, 0.1) is 22.3 Å². The predicted molar refractivity (Wildman–Crippen MR) is 208 cm³/mol. The van der Waals surface area contributed by atoms with Gasteiger partial charge in [-0.1, -0.05) is 12.1 Å². The Kier molecular flexibility index (Phi) is 8.80. The van der Waals surface area contributed by atoms with Gasteiger partial charge >= 0.3 is 5.69 Å². The topological polar surface area (TPSA) is 141 Å². The zero-order valence-electron chi connectivity index (χ0n) is 30.5. The molecule has 278 valence electrons. The molecule has 1 atom stereocenters. The van der Waals surface area contributed by atoms with E-state index in [2.05, 4.69) is 77.8 Å². The Morgan fingerprint density at radius 1 is 0.759 bits per heavy atom. The van der Waals surface area contributed by atoms with Crippen LogP contribution in [0.2, 0.25) is 0 Å². The van der Waals surface area contributed by atoms with Crippen molar-refractivity contribution < 1.29 is 14.4 Å². The van der Waals surface area contributed by atoms with E-state index in [-0.39, 0.29) is 23.9 Å². The number of piperidine rings is 2. The second-order valence-electron chi connectivity index (χ2n) is 15.1. The molecule has 3 fully saturated rings. The Hall–Kier alpha value is -5.69. The van der Waals surface area contributed by atoms with Gasteiger partial charge in [0.15, 0.2) is 0 Å². The average Bonchev–Trinajstić information content (AvgIpc) is 3.75.